The summed E-state index contributed by atoms with van der Waals surface area (Å²) in [5.74, 6) is -2.18. The van der Waals surface area contributed by atoms with Gasteiger partial charge in [0.05, 0.1) is 10.6 Å². The number of thiophene rings is 1. The first kappa shape index (κ1) is 14.8. The van der Waals surface area contributed by atoms with Crippen LogP contribution in [0.25, 0.3) is 10.6 Å². The minimum absolute atomic E-state index is 0.0822. The lowest BCUT2D eigenvalue weighted by Crippen LogP contribution is -2.12. The van der Waals surface area contributed by atoms with Crippen LogP contribution >= 0.6 is 22.7 Å². The van der Waals surface area contributed by atoms with E-state index in [0.717, 1.165) is 28.8 Å². The van der Waals surface area contributed by atoms with Gasteiger partial charge < -0.3 is 0 Å². The lowest BCUT2D eigenvalue weighted by Gasteiger charge is -2.02. The van der Waals surface area contributed by atoms with E-state index < -0.39 is 17.5 Å². The van der Waals surface area contributed by atoms with E-state index in [1.807, 2.05) is 24.4 Å². The summed E-state index contributed by atoms with van der Waals surface area (Å²) in [6, 6.07) is 6.64. The molecule has 0 atom stereocenters. The van der Waals surface area contributed by atoms with E-state index in [1.54, 1.807) is 11.3 Å². The largest absolute Gasteiger partial charge is 0.298 e. The molecule has 3 rings (SSSR count). The average Bonchev–Trinajstić information content (AvgIpc) is 3.06. The van der Waals surface area contributed by atoms with Gasteiger partial charge in [-0.05, 0) is 31.2 Å². The van der Waals surface area contributed by atoms with Crippen molar-refractivity contribution in [2.24, 2.45) is 0 Å². The van der Waals surface area contributed by atoms with Crippen molar-refractivity contribution in [3.63, 3.8) is 0 Å². The van der Waals surface area contributed by atoms with Crippen LogP contribution in [0.15, 0.2) is 35.7 Å². The molecule has 0 aliphatic heterocycles. The van der Waals surface area contributed by atoms with Gasteiger partial charge in [0.15, 0.2) is 5.13 Å². The zero-order valence-corrected chi connectivity index (χ0v) is 13.0. The minimum Gasteiger partial charge on any atom is -0.298 e. The molecule has 0 radical (unpaired) electrons. The van der Waals surface area contributed by atoms with E-state index in [1.165, 1.54) is 16.2 Å². The van der Waals surface area contributed by atoms with Crippen LogP contribution in [-0.4, -0.2) is 10.9 Å². The third-order valence-electron chi connectivity index (χ3n) is 2.84. The van der Waals surface area contributed by atoms with Crippen molar-refractivity contribution in [2.75, 3.05) is 5.32 Å². The summed E-state index contributed by atoms with van der Waals surface area (Å²) in [6.45, 7) is 2.00. The number of hydrogen-bond donors (Lipinski definition) is 1. The Bertz CT molecular complexity index is 821. The fourth-order valence-corrected chi connectivity index (χ4v) is 3.48. The van der Waals surface area contributed by atoms with Gasteiger partial charge in [0.25, 0.3) is 5.91 Å². The molecule has 0 unspecified atom stereocenters. The number of halogens is 2. The van der Waals surface area contributed by atoms with E-state index in [-0.39, 0.29) is 5.56 Å². The molecular weight excluding hydrogens is 326 g/mol. The number of carbonyl (C=O) groups excluding carboxylic acids is 1. The van der Waals surface area contributed by atoms with Crippen LogP contribution in [0, 0.1) is 18.6 Å². The normalized spacial score (nSPS) is 10.7. The second-order valence-corrected chi connectivity index (χ2v) is 6.71. The summed E-state index contributed by atoms with van der Waals surface area (Å²) in [4.78, 5) is 18.5. The number of carbonyl (C=O) groups is 1. The van der Waals surface area contributed by atoms with E-state index >= 15 is 0 Å². The molecule has 3 nitrogen and oxygen atoms in total. The number of hydrogen-bond acceptors (Lipinski definition) is 4. The average molecular weight is 336 g/mol. The number of aryl methyl sites for hydroxylation is 1. The standard InChI is InChI=1S/C15H10F2N2OS2/c1-8-2-3-13(22-8)12-7-21-15(18-12)19-14(20)9-4-10(16)6-11(17)5-9/h2-7H,1H3,(H,18,19,20). The maximum Gasteiger partial charge on any atom is 0.257 e. The number of aromatic nitrogens is 1. The molecule has 2 heterocycles. The molecule has 0 spiro atoms. The molecule has 0 bridgehead atoms. The smallest absolute Gasteiger partial charge is 0.257 e. The van der Waals surface area contributed by atoms with Gasteiger partial charge in [-0.1, -0.05) is 0 Å². The highest BCUT2D eigenvalue weighted by molar-refractivity contribution is 7.17. The summed E-state index contributed by atoms with van der Waals surface area (Å²) in [5.41, 5.74) is 0.685. The zero-order chi connectivity index (χ0) is 15.7. The van der Waals surface area contributed by atoms with Crippen LogP contribution in [0.1, 0.15) is 15.2 Å². The fraction of sp³-hybridized carbons (Fsp3) is 0.0667. The van der Waals surface area contributed by atoms with Crippen LogP contribution in [0.5, 0.6) is 0 Å². The number of nitrogens with one attached hydrogen (secondary N) is 1. The highest BCUT2D eigenvalue weighted by Crippen LogP contribution is 2.30. The second-order valence-electron chi connectivity index (χ2n) is 4.56. The monoisotopic (exact) mass is 336 g/mol. The van der Waals surface area contributed by atoms with Crippen LogP contribution in [-0.2, 0) is 0 Å². The van der Waals surface area contributed by atoms with Gasteiger partial charge in [0, 0.05) is 21.9 Å². The SMILES string of the molecule is Cc1ccc(-c2csc(NC(=O)c3cc(F)cc(F)c3)n2)s1. The Morgan fingerprint density at radius 3 is 2.55 bits per heavy atom. The number of benzene rings is 1. The number of anilines is 1. The van der Waals surface area contributed by atoms with Crippen molar-refractivity contribution in [1.29, 1.82) is 0 Å². The first-order valence-corrected chi connectivity index (χ1v) is 8.00. The Hall–Kier alpha value is -2.12. The number of nitrogens with zero attached hydrogens (tertiary/aromatic N) is 1. The predicted molar refractivity (Wildman–Crippen MR) is 84.5 cm³/mol. The van der Waals surface area contributed by atoms with Gasteiger partial charge in [0.1, 0.15) is 11.6 Å². The topological polar surface area (TPSA) is 42.0 Å². The molecule has 0 saturated heterocycles. The van der Waals surface area contributed by atoms with Crippen molar-refractivity contribution in [3.05, 3.63) is 57.8 Å². The van der Waals surface area contributed by atoms with Crippen molar-refractivity contribution in [2.45, 2.75) is 6.92 Å². The highest BCUT2D eigenvalue weighted by atomic mass is 32.1. The van der Waals surface area contributed by atoms with Crippen molar-refractivity contribution >= 4 is 33.7 Å². The third-order valence-corrected chi connectivity index (χ3v) is 4.62. The van der Waals surface area contributed by atoms with Gasteiger partial charge in [0.2, 0.25) is 0 Å². The van der Waals surface area contributed by atoms with E-state index in [0.29, 0.717) is 5.13 Å². The van der Waals surface area contributed by atoms with Crippen LogP contribution in [0.3, 0.4) is 0 Å². The minimum atomic E-state index is -0.793. The summed E-state index contributed by atoms with van der Waals surface area (Å²) >= 11 is 2.87. The van der Waals surface area contributed by atoms with E-state index in [4.69, 9.17) is 0 Å². The van der Waals surface area contributed by atoms with E-state index in [2.05, 4.69) is 10.3 Å². The maximum absolute atomic E-state index is 13.1. The summed E-state index contributed by atoms with van der Waals surface area (Å²) < 4.78 is 26.2. The Morgan fingerprint density at radius 2 is 1.91 bits per heavy atom. The zero-order valence-electron chi connectivity index (χ0n) is 11.4. The van der Waals surface area contributed by atoms with Crippen LogP contribution in [0.2, 0.25) is 0 Å². The fourth-order valence-electron chi connectivity index (χ4n) is 1.87. The molecule has 112 valence electrons. The van der Waals surface area contributed by atoms with E-state index in [9.17, 15) is 13.6 Å². The van der Waals surface area contributed by atoms with Crippen LogP contribution in [0.4, 0.5) is 13.9 Å². The number of thiazole rings is 1. The van der Waals surface area contributed by atoms with Crippen LogP contribution < -0.4 is 5.32 Å². The second kappa shape index (κ2) is 5.94. The van der Waals surface area contributed by atoms with Crippen molar-refractivity contribution in [1.82, 2.24) is 4.98 Å². The molecule has 1 N–H and O–H groups in total. The summed E-state index contributed by atoms with van der Waals surface area (Å²) in [5, 5.41) is 4.76. The molecule has 1 amide bonds. The van der Waals surface area contributed by atoms with Crippen molar-refractivity contribution in [3.8, 4) is 10.6 Å². The van der Waals surface area contributed by atoms with Gasteiger partial charge in [-0.3, -0.25) is 10.1 Å². The number of rotatable bonds is 3. The summed E-state index contributed by atoms with van der Waals surface area (Å²) in [6.07, 6.45) is 0. The lowest BCUT2D eigenvalue weighted by atomic mass is 10.2. The number of amides is 1. The first-order valence-electron chi connectivity index (χ1n) is 6.31. The lowest BCUT2D eigenvalue weighted by molar-refractivity contribution is 0.102. The summed E-state index contributed by atoms with van der Waals surface area (Å²) in [7, 11) is 0. The Kier molecular flexibility index (Phi) is 4.00. The van der Waals surface area contributed by atoms with Crippen molar-refractivity contribution < 1.29 is 13.6 Å². The molecule has 0 saturated carbocycles. The predicted octanol–water partition coefficient (Wildman–Crippen LogP) is 4.71. The molecule has 2 aromatic heterocycles. The quantitative estimate of drug-likeness (QED) is 0.752. The van der Waals surface area contributed by atoms with Gasteiger partial charge in [-0.2, -0.15) is 0 Å². The third kappa shape index (κ3) is 3.20. The molecule has 3 aromatic rings. The molecule has 22 heavy (non-hydrogen) atoms. The first-order chi connectivity index (χ1) is 10.5. The Labute approximate surface area is 133 Å². The Balaban J connectivity index is 1.78. The van der Waals surface area contributed by atoms with Gasteiger partial charge in [-0.25, -0.2) is 13.8 Å². The maximum atomic E-state index is 13.1. The molecular formula is C15H10F2N2OS2. The molecule has 0 aliphatic carbocycles. The van der Waals surface area contributed by atoms with Gasteiger partial charge >= 0.3 is 0 Å². The Morgan fingerprint density at radius 1 is 1.18 bits per heavy atom. The van der Waals surface area contributed by atoms with Gasteiger partial charge in [-0.15, -0.1) is 22.7 Å². The molecule has 0 aliphatic rings. The molecule has 1 aromatic carbocycles. The molecule has 0 fully saturated rings. The molecule has 7 heteroatoms. The highest BCUT2D eigenvalue weighted by Gasteiger charge is 2.12.